The van der Waals surface area contributed by atoms with Crippen molar-refractivity contribution >= 4 is 11.9 Å². The quantitative estimate of drug-likeness (QED) is 0.720. The van der Waals surface area contributed by atoms with Crippen LogP contribution in [0.3, 0.4) is 0 Å². The van der Waals surface area contributed by atoms with Gasteiger partial charge in [0.25, 0.3) is 0 Å². The smallest absolute Gasteiger partial charge is 0.339 e. The zero-order valence-electron chi connectivity index (χ0n) is 12.4. The van der Waals surface area contributed by atoms with Gasteiger partial charge >= 0.3 is 11.9 Å². The second-order valence-corrected chi connectivity index (χ2v) is 5.15. The Labute approximate surface area is 124 Å². The van der Waals surface area contributed by atoms with Crippen LogP contribution < -0.4 is 0 Å². The normalized spacial score (nSPS) is 13.5. The Bertz CT molecular complexity index is 481. The number of hydrogen-bond acceptors (Lipinski definition) is 4. The number of carbonyl (C=O) groups excluding carboxylic acids is 1. The number of ether oxygens (including phenoxy) is 1. The van der Waals surface area contributed by atoms with Crippen molar-refractivity contribution in [1.29, 1.82) is 0 Å². The first-order valence-electron chi connectivity index (χ1n) is 7.13. The van der Waals surface area contributed by atoms with Gasteiger partial charge < -0.3 is 14.9 Å². The Morgan fingerprint density at radius 2 is 1.81 bits per heavy atom. The molecule has 0 aliphatic rings. The molecule has 0 aliphatic heterocycles. The number of aliphatic hydroxyl groups is 1. The third-order valence-electron chi connectivity index (χ3n) is 3.40. The number of carbonyl (C=O) groups is 2. The standard InChI is InChI=1S/C16H22O5/c1-3-12(9-8-11(2)17)10-21-16(20)14-7-5-4-6-13(14)15(18)19/h4-7,11-12,17H,3,8-10H2,1-2H3,(H,18,19)/t11-,12-/m1/s1. The van der Waals surface area contributed by atoms with E-state index in [-0.39, 0.29) is 29.8 Å². The van der Waals surface area contributed by atoms with Gasteiger partial charge in [0.1, 0.15) is 0 Å². The minimum absolute atomic E-state index is 0.0560. The maximum absolute atomic E-state index is 12.0. The topological polar surface area (TPSA) is 83.8 Å². The summed E-state index contributed by atoms with van der Waals surface area (Å²) in [5.41, 5.74) is 0.00917. The zero-order chi connectivity index (χ0) is 15.8. The van der Waals surface area contributed by atoms with Crippen LogP contribution in [0.5, 0.6) is 0 Å². The van der Waals surface area contributed by atoms with Crippen molar-refractivity contribution in [2.24, 2.45) is 5.92 Å². The Hall–Kier alpha value is -1.88. The van der Waals surface area contributed by atoms with E-state index < -0.39 is 11.9 Å². The molecule has 0 bridgehead atoms. The molecule has 116 valence electrons. The highest BCUT2D eigenvalue weighted by atomic mass is 16.5. The van der Waals surface area contributed by atoms with Crippen molar-refractivity contribution < 1.29 is 24.5 Å². The second-order valence-electron chi connectivity index (χ2n) is 5.15. The van der Waals surface area contributed by atoms with E-state index in [0.29, 0.717) is 6.42 Å². The molecule has 0 aromatic heterocycles. The average molecular weight is 294 g/mol. The molecular weight excluding hydrogens is 272 g/mol. The summed E-state index contributed by atoms with van der Waals surface area (Å²) in [5.74, 6) is -1.60. The predicted molar refractivity (Wildman–Crippen MR) is 78.4 cm³/mol. The van der Waals surface area contributed by atoms with Crippen LogP contribution >= 0.6 is 0 Å². The van der Waals surface area contributed by atoms with Crippen LogP contribution in [0.15, 0.2) is 24.3 Å². The first-order chi connectivity index (χ1) is 9.95. The number of aliphatic hydroxyl groups excluding tert-OH is 1. The fraction of sp³-hybridized carbons (Fsp3) is 0.500. The Balaban J connectivity index is 2.63. The molecule has 0 saturated carbocycles. The van der Waals surface area contributed by atoms with Crippen LogP contribution in [0.1, 0.15) is 53.8 Å². The summed E-state index contributed by atoms with van der Waals surface area (Å²) >= 11 is 0. The molecule has 1 rings (SSSR count). The van der Waals surface area contributed by atoms with E-state index >= 15 is 0 Å². The van der Waals surface area contributed by atoms with E-state index in [1.807, 2.05) is 6.92 Å². The summed E-state index contributed by atoms with van der Waals surface area (Å²) in [7, 11) is 0. The lowest BCUT2D eigenvalue weighted by Crippen LogP contribution is -2.17. The molecule has 2 N–H and O–H groups in total. The first kappa shape index (κ1) is 17.2. The minimum Gasteiger partial charge on any atom is -0.478 e. The molecule has 0 fully saturated rings. The summed E-state index contributed by atoms with van der Waals surface area (Å²) in [6, 6.07) is 6.00. The van der Waals surface area contributed by atoms with Crippen molar-refractivity contribution in [3.63, 3.8) is 0 Å². The van der Waals surface area contributed by atoms with E-state index in [2.05, 4.69) is 0 Å². The highest BCUT2D eigenvalue weighted by Gasteiger charge is 2.18. The van der Waals surface area contributed by atoms with Crippen molar-refractivity contribution in [3.8, 4) is 0 Å². The van der Waals surface area contributed by atoms with Crippen LogP contribution in [0.4, 0.5) is 0 Å². The number of aromatic carboxylic acids is 1. The second kappa shape index (κ2) is 8.42. The molecule has 5 nitrogen and oxygen atoms in total. The van der Waals surface area contributed by atoms with E-state index in [1.54, 1.807) is 19.1 Å². The summed E-state index contributed by atoms with van der Waals surface area (Å²) in [5, 5.41) is 18.3. The molecule has 0 aliphatic carbocycles. The van der Waals surface area contributed by atoms with Crippen molar-refractivity contribution in [1.82, 2.24) is 0 Å². The van der Waals surface area contributed by atoms with Gasteiger partial charge in [0.15, 0.2) is 0 Å². The minimum atomic E-state index is -1.15. The maximum atomic E-state index is 12.0. The maximum Gasteiger partial charge on any atom is 0.339 e. The number of hydrogen-bond donors (Lipinski definition) is 2. The fourth-order valence-corrected chi connectivity index (χ4v) is 2.00. The third kappa shape index (κ3) is 5.55. The highest BCUT2D eigenvalue weighted by Crippen LogP contribution is 2.16. The molecule has 0 saturated heterocycles. The van der Waals surface area contributed by atoms with Crippen LogP contribution in [-0.2, 0) is 4.74 Å². The fourth-order valence-electron chi connectivity index (χ4n) is 2.00. The van der Waals surface area contributed by atoms with Gasteiger partial charge in [0.05, 0.1) is 23.8 Å². The van der Waals surface area contributed by atoms with Gasteiger partial charge in [-0.15, -0.1) is 0 Å². The molecular formula is C16H22O5. The lowest BCUT2D eigenvalue weighted by atomic mass is 9.99. The number of rotatable bonds is 8. The van der Waals surface area contributed by atoms with E-state index in [1.165, 1.54) is 12.1 Å². The summed E-state index contributed by atoms with van der Waals surface area (Å²) in [4.78, 5) is 23.1. The van der Waals surface area contributed by atoms with E-state index in [9.17, 15) is 14.7 Å². The molecule has 0 amide bonds. The highest BCUT2D eigenvalue weighted by molar-refractivity contribution is 6.02. The molecule has 2 atom stereocenters. The molecule has 21 heavy (non-hydrogen) atoms. The molecule has 5 heteroatoms. The summed E-state index contributed by atoms with van der Waals surface area (Å²) in [6.07, 6.45) is 1.88. The number of esters is 1. The lowest BCUT2D eigenvalue weighted by molar-refractivity contribution is 0.0411. The molecule has 1 aromatic rings. The predicted octanol–water partition coefficient (Wildman–Crippen LogP) is 2.73. The van der Waals surface area contributed by atoms with E-state index in [0.717, 1.165) is 12.8 Å². The monoisotopic (exact) mass is 294 g/mol. The van der Waals surface area contributed by atoms with Crippen molar-refractivity contribution in [3.05, 3.63) is 35.4 Å². The van der Waals surface area contributed by atoms with Crippen LogP contribution in [0, 0.1) is 5.92 Å². The van der Waals surface area contributed by atoms with Gasteiger partial charge in [-0.3, -0.25) is 0 Å². The van der Waals surface area contributed by atoms with Gasteiger partial charge in [-0.1, -0.05) is 25.5 Å². The van der Waals surface area contributed by atoms with Gasteiger partial charge in [-0.25, -0.2) is 9.59 Å². The molecule has 0 spiro atoms. The van der Waals surface area contributed by atoms with Crippen molar-refractivity contribution in [2.75, 3.05) is 6.61 Å². The first-order valence-corrected chi connectivity index (χ1v) is 7.13. The van der Waals surface area contributed by atoms with Gasteiger partial charge in [0, 0.05) is 0 Å². The summed E-state index contributed by atoms with van der Waals surface area (Å²) in [6.45, 7) is 3.95. The zero-order valence-corrected chi connectivity index (χ0v) is 12.4. The Morgan fingerprint density at radius 1 is 1.19 bits per heavy atom. The number of carboxylic acid groups (broad SMARTS) is 1. The number of benzene rings is 1. The van der Waals surface area contributed by atoms with Crippen LogP contribution in [0.25, 0.3) is 0 Å². The largest absolute Gasteiger partial charge is 0.478 e. The van der Waals surface area contributed by atoms with Crippen LogP contribution in [-0.4, -0.2) is 34.9 Å². The SMILES string of the molecule is CC[C@H](CC[C@@H](C)O)COC(=O)c1ccccc1C(=O)O. The summed E-state index contributed by atoms with van der Waals surface area (Å²) < 4.78 is 5.22. The van der Waals surface area contributed by atoms with Gasteiger partial charge in [-0.2, -0.15) is 0 Å². The Kier molecular flexibility index (Phi) is 6.88. The third-order valence-corrected chi connectivity index (χ3v) is 3.40. The Morgan fingerprint density at radius 3 is 2.33 bits per heavy atom. The number of carboxylic acids is 1. The molecule has 0 unspecified atom stereocenters. The average Bonchev–Trinajstić information content (AvgIpc) is 2.46. The lowest BCUT2D eigenvalue weighted by Gasteiger charge is -2.16. The van der Waals surface area contributed by atoms with E-state index in [4.69, 9.17) is 9.84 Å². The molecule has 0 radical (unpaired) electrons. The van der Waals surface area contributed by atoms with Gasteiger partial charge in [-0.05, 0) is 37.8 Å². The van der Waals surface area contributed by atoms with Crippen LogP contribution in [0.2, 0.25) is 0 Å². The molecule has 1 aromatic carbocycles. The van der Waals surface area contributed by atoms with Gasteiger partial charge in [0.2, 0.25) is 0 Å². The molecule has 0 heterocycles. The van der Waals surface area contributed by atoms with Crippen molar-refractivity contribution in [2.45, 2.75) is 39.2 Å².